The zero-order valence-electron chi connectivity index (χ0n) is 34.7. The molecule has 11 aromatic rings. The number of hydrogen-bond acceptors (Lipinski definition) is 4. The molecule has 0 atom stereocenters. The summed E-state index contributed by atoms with van der Waals surface area (Å²) in [7, 11) is 0. The molecule has 298 valence electrons. The SMILES string of the molecule is CC(C)(C)c1cc(-c2ccccc2)c(-n2c(-c3ccccc3)cnc2-c2ccc(-n3c4ccc(-c5cccs5)cc4c4cc(-c5cccs5)ccc43)cc2)c(-c2ccccc2)n1. The predicted octanol–water partition coefficient (Wildman–Crippen LogP) is 15.8. The summed E-state index contributed by atoms with van der Waals surface area (Å²) in [6, 6.07) is 65.6. The topological polar surface area (TPSA) is 35.6 Å². The third-order valence-corrected chi connectivity index (χ3v) is 13.5. The van der Waals surface area contributed by atoms with Crippen molar-refractivity contribution < 1.29 is 0 Å². The Bertz CT molecular complexity index is 3190. The third-order valence-electron chi connectivity index (χ3n) is 11.7. The lowest BCUT2D eigenvalue weighted by atomic mass is 9.88. The third kappa shape index (κ3) is 6.69. The molecule has 11 rings (SSSR count). The number of rotatable bonds is 8. The van der Waals surface area contributed by atoms with Crippen LogP contribution in [0.2, 0.25) is 0 Å². The Balaban J connectivity index is 1.13. The molecule has 0 fully saturated rings. The molecule has 0 spiro atoms. The van der Waals surface area contributed by atoms with Crippen LogP contribution in [0.4, 0.5) is 0 Å². The molecule has 0 N–H and O–H groups in total. The van der Waals surface area contributed by atoms with Gasteiger partial charge in [-0.2, -0.15) is 0 Å². The lowest BCUT2D eigenvalue weighted by molar-refractivity contribution is 0.570. The second kappa shape index (κ2) is 15.4. The smallest absolute Gasteiger partial charge is 0.145 e. The normalized spacial score (nSPS) is 11.8. The van der Waals surface area contributed by atoms with E-state index in [-0.39, 0.29) is 5.41 Å². The fourth-order valence-electron chi connectivity index (χ4n) is 8.63. The Morgan fingerprint density at radius 2 is 1.00 bits per heavy atom. The molecule has 6 heteroatoms. The van der Waals surface area contributed by atoms with Gasteiger partial charge in [0, 0.05) is 59.6 Å². The monoisotopic (exact) mass is 834 g/mol. The fraction of sp³-hybridized carbons (Fsp3) is 0.0714. The average molecular weight is 835 g/mol. The Morgan fingerprint density at radius 3 is 1.53 bits per heavy atom. The van der Waals surface area contributed by atoms with E-state index in [1.165, 1.54) is 42.7 Å². The first kappa shape index (κ1) is 37.8. The maximum atomic E-state index is 5.53. The van der Waals surface area contributed by atoms with Gasteiger partial charge in [0.1, 0.15) is 5.82 Å². The second-order valence-corrected chi connectivity index (χ2v) is 18.6. The van der Waals surface area contributed by atoms with Gasteiger partial charge in [-0.15, -0.1) is 22.7 Å². The highest BCUT2D eigenvalue weighted by Crippen LogP contribution is 2.43. The number of pyridine rings is 1. The molecule has 5 aromatic heterocycles. The number of benzene rings is 6. The molecule has 0 saturated carbocycles. The summed E-state index contributed by atoms with van der Waals surface area (Å²) >= 11 is 3.55. The Hall–Kier alpha value is -7.12. The zero-order chi connectivity index (χ0) is 41.8. The minimum atomic E-state index is -0.189. The quantitative estimate of drug-likeness (QED) is 0.153. The van der Waals surface area contributed by atoms with E-state index in [4.69, 9.17) is 9.97 Å². The van der Waals surface area contributed by atoms with Gasteiger partial charge in [0.15, 0.2) is 0 Å². The van der Waals surface area contributed by atoms with Crippen LogP contribution in [-0.2, 0) is 5.41 Å². The van der Waals surface area contributed by atoms with Gasteiger partial charge in [-0.1, -0.05) is 136 Å². The van der Waals surface area contributed by atoms with Crippen molar-refractivity contribution in [3.8, 4) is 77.3 Å². The predicted molar refractivity (Wildman–Crippen MR) is 263 cm³/mol. The van der Waals surface area contributed by atoms with Crippen molar-refractivity contribution >= 4 is 44.5 Å². The van der Waals surface area contributed by atoms with Crippen LogP contribution in [0.5, 0.6) is 0 Å². The highest BCUT2D eigenvalue weighted by molar-refractivity contribution is 7.13. The lowest BCUT2D eigenvalue weighted by Crippen LogP contribution is -2.16. The Labute approximate surface area is 369 Å². The molecule has 5 heterocycles. The summed E-state index contributed by atoms with van der Waals surface area (Å²) in [5.74, 6) is 0.846. The molecule has 0 bridgehead atoms. The van der Waals surface area contributed by atoms with Crippen LogP contribution in [0.3, 0.4) is 0 Å². The van der Waals surface area contributed by atoms with Crippen LogP contribution < -0.4 is 0 Å². The second-order valence-electron chi connectivity index (χ2n) is 16.7. The van der Waals surface area contributed by atoms with Gasteiger partial charge in [-0.25, -0.2) is 4.98 Å². The number of nitrogens with zero attached hydrogens (tertiary/aromatic N) is 4. The van der Waals surface area contributed by atoms with Crippen LogP contribution in [-0.4, -0.2) is 19.1 Å². The first-order valence-electron chi connectivity index (χ1n) is 21.0. The van der Waals surface area contributed by atoms with Gasteiger partial charge in [-0.05, 0) is 94.2 Å². The molecule has 0 amide bonds. The van der Waals surface area contributed by atoms with E-state index in [0.717, 1.165) is 62.1 Å². The van der Waals surface area contributed by atoms with Crippen molar-refractivity contribution in [3.63, 3.8) is 0 Å². The lowest BCUT2D eigenvalue weighted by Gasteiger charge is -2.25. The summed E-state index contributed by atoms with van der Waals surface area (Å²) in [6.45, 7) is 6.71. The van der Waals surface area contributed by atoms with Crippen molar-refractivity contribution in [2.45, 2.75) is 26.2 Å². The molecule has 0 unspecified atom stereocenters. The average Bonchev–Trinajstić information content (AvgIpc) is 4.17. The maximum absolute atomic E-state index is 5.53. The molecular weight excluding hydrogens is 793 g/mol. The van der Waals surface area contributed by atoms with Gasteiger partial charge < -0.3 is 4.57 Å². The van der Waals surface area contributed by atoms with Gasteiger partial charge in [-0.3, -0.25) is 9.55 Å². The molecule has 62 heavy (non-hydrogen) atoms. The summed E-state index contributed by atoms with van der Waals surface area (Å²) in [5, 5.41) is 6.78. The fourth-order valence-corrected chi connectivity index (χ4v) is 10.1. The van der Waals surface area contributed by atoms with Crippen LogP contribution in [0.15, 0.2) is 199 Å². The summed E-state index contributed by atoms with van der Waals surface area (Å²) < 4.78 is 4.75. The molecule has 0 aliphatic heterocycles. The standard InChI is InChI=1S/C56H42N4S2/c1-56(2,3)52-35-44(37-15-7-4-8-16-37)54(53(58-52)39-19-11-6-12-20-39)60-49(38-17-9-5-10-18-38)36-57-55(60)40-23-27-43(28-24-40)59-47-29-25-41(50-21-13-31-61-50)33-45(47)46-34-42(26-30-48(46)59)51-22-14-32-62-51/h4-36H,1-3H3. The maximum Gasteiger partial charge on any atom is 0.145 e. The highest BCUT2D eigenvalue weighted by Gasteiger charge is 2.27. The van der Waals surface area contributed by atoms with Crippen molar-refractivity contribution in [1.82, 2.24) is 19.1 Å². The van der Waals surface area contributed by atoms with E-state index in [1.54, 1.807) is 22.7 Å². The molecular formula is C56H42N4S2. The molecule has 0 aliphatic rings. The van der Waals surface area contributed by atoms with Gasteiger partial charge in [0.25, 0.3) is 0 Å². The van der Waals surface area contributed by atoms with E-state index in [2.05, 4.69) is 223 Å². The Kier molecular flexibility index (Phi) is 9.41. The van der Waals surface area contributed by atoms with Gasteiger partial charge >= 0.3 is 0 Å². The Morgan fingerprint density at radius 1 is 0.468 bits per heavy atom. The number of imidazole rings is 1. The minimum Gasteiger partial charge on any atom is -0.309 e. The largest absolute Gasteiger partial charge is 0.309 e. The number of thiophene rings is 2. The van der Waals surface area contributed by atoms with Crippen LogP contribution >= 0.6 is 22.7 Å². The van der Waals surface area contributed by atoms with Crippen molar-refractivity contribution in [3.05, 3.63) is 205 Å². The van der Waals surface area contributed by atoms with E-state index >= 15 is 0 Å². The highest BCUT2D eigenvalue weighted by atomic mass is 32.1. The van der Waals surface area contributed by atoms with E-state index in [9.17, 15) is 0 Å². The van der Waals surface area contributed by atoms with Crippen LogP contribution in [0.1, 0.15) is 26.5 Å². The minimum absolute atomic E-state index is 0.189. The summed E-state index contributed by atoms with van der Waals surface area (Å²) in [6.07, 6.45) is 2.02. The van der Waals surface area contributed by atoms with Crippen LogP contribution in [0, 0.1) is 0 Å². The molecule has 4 nitrogen and oxygen atoms in total. The zero-order valence-corrected chi connectivity index (χ0v) is 36.3. The van der Waals surface area contributed by atoms with E-state index in [0.29, 0.717) is 0 Å². The van der Waals surface area contributed by atoms with Crippen molar-refractivity contribution in [2.24, 2.45) is 0 Å². The molecule has 0 aliphatic carbocycles. The van der Waals surface area contributed by atoms with Gasteiger partial charge in [0.2, 0.25) is 0 Å². The number of fused-ring (bicyclic) bond motifs is 3. The van der Waals surface area contributed by atoms with Gasteiger partial charge in [0.05, 0.1) is 34.3 Å². The van der Waals surface area contributed by atoms with E-state index < -0.39 is 0 Å². The number of aromatic nitrogens is 4. The van der Waals surface area contributed by atoms with Crippen molar-refractivity contribution in [2.75, 3.05) is 0 Å². The van der Waals surface area contributed by atoms with Crippen molar-refractivity contribution in [1.29, 1.82) is 0 Å². The van der Waals surface area contributed by atoms with Crippen LogP contribution in [0.25, 0.3) is 99.1 Å². The molecule has 0 saturated heterocycles. The first-order valence-corrected chi connectivity index (χ1v) is 22.7. The number of hydrogen-bond donors (Lipinski definition) is 0. The molecule has 0 radical (unpaired) electrons. The van der Waals surface area contributed by atoms with E-state index in [1.807, 2.05) is 6.20 Å². The first-order chi connectivity index (χ1) is 30.4. The molecule has 6 aromatic carbocycles. The summed E-state index contributed by atoms with van der Waals surface area (Å²) in [5.41, 5.74) is 15.0. The summed E-state index contributed by atoms with van der Waals surface area (Å²) in [4.78, 5) is 13.3.